The summed E-state index contributed by atoms with van der Waals surface area (Å²) in [5.74, 6) is 1.57. The van der Waals surface area contributed by atoms with Gasteiger partial charge in [-0.25, -0.2) is 0 Å². The maximum absolute atomic E-state index is 6.59. The van der Waals surface area contributed by atoms with E-state index in [-0.39, 0.29) is 5.38 Å². The summed E-state index contributed by atoms with van der Waals surface area (Å²) in [5, 5.41) is -0.0750. The first kappa shape index (κ1) is 17.1. The maximum Gasteiger partial charge on any atom is 0.127 e. The largest absolute Gasteiger partial charge is 0.497 e. The van der Waals surface area contributed by atoms with E-state index in [9.17, 15) is 0 Å². The zero-order chi connectivity index (χ0) is 15.0. The molecule has 0 bridgehead atoms. The molecule has 0 N–H and O–H groups in total. The van der Waals surface area contributed by atoms with Crippen molar-refractivity contribution in [2.24, 2.45) is 0 Å². The van der Waals surface area contributed by atoms with Crippen LogP contribution in [0.5, 0.6) is 11.5 Å². The summed E-state index contributed by atoms with van der Waals surface area (Å²) in [6, 6.07) is 5.80. The van der Waals surface area contributed by atoms with E-state index in [4.69, 9.17) is 21.1 Å². The van der Waals surface area contributed by atoms with Crippen molar-refractivity contribution < 1.29 is 9.47 Å². The Morgan fingerprint density at radius 2 is 1.75 bits per heavy atom. The molecule has 1 aromatic carbocycles. The fourth-order valence-electron chi connectivity index (χ4n) is 2.33. The predicted molar refractivity (Wildman–Crippen MR) is 85.2 cm³/mol. The molecule has 0 saturated carbocycles. The Hall–Kier alpha value is -0.930. The summed E-state index contributed by atoms with van der Waals surface area (Å²) in [4.78, 5) is 2.40. The molecule has 0 aliphatic rings. The summed E-state index contributed by atoms with van der Waals surface area (Å²) in [7, 11) is 3.31. The van der Waals surface area contributed by atoms with Crippen molar-refractivity contribution in [3.05, 3.63) is 23.8 Å². The number of hydrogen-bond acceptors (Lipinski definition) is 3. The third-order valence-electron chi connectivity index (χ3n) is 3.28. The normalized spacial score (nSPS) is 12.5. The SMILES string of the molecule is CCCN(CCC)CC(Cl)c1ccc(OC)cc1OC. The van der Waals surface area contributed by atoms with Gasteiger partial charge in [-0.15, -0.1) is 11.6 Å². The molecule has 20 heavy (non-hydrogen) atoms. The van der Waals surface area contributed by atoms with E-state index in [0.29, 0.717) is 0 Å². The fourth-order valence-corrected chi connectivity index (χ4v) is 2.70. The monoisotopic (exact) mass is 299 g/mol. The molecule has 0 aliphatic carbocycles. The van der Waals surface area contributed by atoms with Gasteiger partial charge < -0.3 is 14.4 Å². The Morgan fingerprint density at radius 3 is 2.25 bits per heavy atom. The van der Waals surface area contributed by atoms with Crippen LogP contribution in [0, 0.1) is 0 Å². The van der Waals surface area contributed by atoms with Gasteiger partial charge in [0.2, 0.25) is 0 Å². The number of alkyl halides is 1. The molecule has 1 rings (SSSR count). The van der Waals surface area contributed by atoms with Crippen LogP contribution in [0.1, 0.15) is 37.6 Å². The van der Waals surface area contributed by atoms with Crippen LogP contribution in [0.2, 0.25) is 0 Å². The molecule has 0 amide bonds. The minimum absolute atomic E-state index is 0.0750. The highest BCUT2D eigenvalue weighted by molar-refractivity contribution is 6.21. The number of nitrogens with zero attached hydrogens (tertiary/aromatic N) is 1. The molecule has 0 saturated heterocycles. The highest BCUT2D eigenvalue weighted by Crippen LogP contribution is 2.33. The molecule has 3 nitrogen and oxygen atoms in total. The number of hydrogen-bond donors (Lipinski definition) is 0. The molecule has 1 aromatic rings. The average molecular weight is 300 g/mol. The number of rotatable bonds is 9. The minimum Gasteiger partial charge on any atom is -0.497 e. The molecular weight excluding hydrogens is 274 g/mol. The van der Waals surface area contributed by atoms with Crippen LogP contribution in [0.3, 0.4) is 0 Å². The van der Waals surface area contributed by atoms with Gasteiger partial charge in [-0.2, -0.15) is 0 Å². The van der Waals surface area contributed by atoms with Crippen LogP contribution in [0.25, 0.3) is 0 Å². The topological polar surface area (TPSA) is 21.7 Å². The van der Waals surface area contributed by atoms with Crippen molar-refractivity contribution in [3.63, 3.8) is 0 Å². The Labute approximate surface area is 127 Å². The highest BCUT2D eigenvalue weighted by Gasteiger charge is 2.17. The van der Waals surface area contributed by atoms with Crippen molar-refractivity contribution in [3.8, 4) is 11.5 Å². The van der Waals surface area contributed by atoms with Crippen molar-refractivity contribution >= 4 is 11.6 Å². The molecule has 1 unspecified atom stereocenters. The molecule has 114 valence electrons. The first-order valence-corrected chi connectivity index (χ1v) is 7.68. The van der Waals surface area contributed by atoms with Gasteiger partial charge in [0.25, 0.3) is 0 Å². The zero-order valence-electron chi connectivity index (χ0n) is 13.0. The minimum atomic E-state index is -0.0750. The van der Waals surface area contributed by atoms with E-state index in [1.807, 2.05) is 18.2 Å². The van der Waals surface area contributed by atoms with E-state index in [0.717, 1.165) is 49.5 Å². The van der Waals surface area contributed by atoms with E-state index >= 15 is 0 Å². The second kappa shape index (κ2) is 9.09. The Balaban J connectivity index is 2.81. The van der Waals surface area contributed by atoms with Crippen molar-refractivity contribution in [2.45, 2.75) is 32.1 Å². The summed E-state index contributed by atoms with van der Waals surface area (Å²) in [5.41, 5.74) is 1.02. The lowest BCUT2D eigenvalue weighted by Gasteiger charge is -2.24. The Bertz CT molecular complexity index is 392. The van der Waals surface area contributed by atoms with Crippen LogP contribution in [-0.4, -0.2) is 38.8 Å². The first-order valence-electron chi connectivity index (χ1n) is 7.24. The molecule has 4 heteroatoms. The quantitative estimate of drug-likeness (QED) is 0.641. The van der Waals surface area contributed by atoms with Crippen molar-refractivity contribution in [1.82, 2.24) is 4.90 Å². The van der Waals surface area contributed by atoms with E-state index < -0.39 is 0 Å². The van der Waals surface area contributed by atoms with Crippen molar-refractivity contribution in [1.29, 1.82) is 0 Å². The van der Waals surface area contributed by atoms with E-state index in [1.54, 1.807) is 14.2 Å². The molecule has 0 heterocycles. The van der Waals surface area contributed by atoms with Crippen LogP contribution in [-0.2, 0) is 0 Å². The van der Waals surface area contributed by atoms with Crippen LogP contribution >= 0.6 is 11.6 Å². The van der Waals surface area contributed by atoms with E-state index in [1.165, 1.54) is 0 Å². The lowest BCUT2D eigenvalue weighted by Crippen LogP contribution is -2.29. The van der Waals surface area contributed by atoms with Gasteiger partial charge in [-0.05, 0) is 32.0 Å². The third kappa shape index (κ3) is 4.88. The Kier molecular flexibility index (Phi) is 7.78. The number of ether oxygens (including phenoxy) is 2. The van der Waals surface area contributed by atoms with Gasteiger partial charge in [0.1, 0.15) is 11.5 Å². The smallest absolute Gasteiger partial charge is 0.127 e. The summed E-state index contributed by atoms with van der Waals surface area (Å²) < 4.78 is 10.6. The average Bonchev–Trinajstić information content (AvgIpc) is 2.46. The molecular formula is C16H26ClNO2. The van der Waals surface area contributed by atoms with Gasteiger partial charge in [0.15, 0.2) is 0 Å². The Morgan fingerprint density at radius 1 is 1.10 bits per heavy atom. The second-order valence-corrected chi connectivity index (χ2v) is 5.40. The van der Waals surface area contributed by atoms with Crippen LogP contribution in [0.4, 0.5) is 0 Å². The summed E-state index contributed by atoms with van der Waals surface area (Å²) in [6.07, 6.45) is 2.28. The first-order chi connectivity index (χ1) is 9.65. The predicted octanol–water partition coefficient (Wildman–Crippen LogP) is 4.11. The third-order valence-corrected chi connectivity index (χ3v) is 3.65. The second-order valence-electron chi connectivity index (χ2n) is 4.88. The lowest BCUT2D eigenvalue weighted by molar-refractivity contribution is 0.273. The van der Waals surface area contributed by atoms with Gasteiger partial charge in [0.05, 0.1) is 19.6 Å². The molecule has 0 aliphatic heterocycles. The standard InChI is InChI=1S/C16H26ClNO2/c1-5-9-18(10-6-2)12-15(17)14-8-7-13(19-3)11-16(14)20-4/h7-8,11,15H,5-6,9-10,12H2,1-4H3. The van der Waals surface area contributed by atoms with Crippen LogP contribution < -0.4 is 9.47 Å². The molecule has 1 atom stereocenters. The van der Waals surface area contributed by atoms with E-state index in [2.05, 4.69) is 18.7 Å². The van der Waals surface area contributed by atoms with Gasteiger partial charge in [0, 0.05) is 18.2 Å². The number of methoxy groups -OCH3 is 2. The zero-order valence-corrected chi connectivity index (χ0v) is 13.7. The van der Waals surface area contributed by atoms with Gasteiger partial charge in [-0.1, -0.05) is 19.9 Å². The molecule has 0 fully saturated rings. The molecule has 0 spiro atoms. The van der Waals surface area contributed by atoms with Crippen LogP contribution in [0.15, 0.2) is 18.2 Å². The summed E-state index contributed by atoms with van der Waals surface area (Å²) >= 11 is 6.59. The number of benzene rings is 1. The van der Waals surface area contributed by atoms with Gasteiger partial charge in [-0.3, -0.25) is 0 Å². The van der Waals surface area contributed by atoms with Crippen molar-refractivity contribution in [2.75, 3.05) is 33.9 Å². The lowest BCUT2D eigenvalue weighted by atomic mass is 10.1. The molecule has 0 radical (unpaired) electrons. The van der Waals surface area contributed by atoms with Gasteiger partial charge >= 0.3 is 0 Å². The number of halogens is 1. The highest BCUT2D eigenvalue weighted by atomic mass is 35.5. The fraction of sp³-hybridized carbons (Fsp3) is 0.625. The maximum atomic E-state index is 6.59. The summed E-state index contributed by atoms with van der Waals surface area (Å²) in [6.45, 7) is 7.39. The molecule has 0 aromatic heterocycles.